The highest BCUT2D eigenvalue weighted by molar-refractivity contribution is 8.26. The molecule has 0 spiro atoms. The van der Waals surface area contributed by atoms with Crippen molar-refractivity contribution in [3.8, 4) is 16.9 Å². The van der Waals surface area contributed by atoms with Crippen LogP contribution in [0.3, 0.4) is 0 Å². The first-order valence-corrected chi connectivity index (χ1v) is 12.4. The average molecular weight is 512 g/mol. The van der Waals surface area contributed by atoms with Gasteiger partial charge in [0.15, 0.2) is 0 Å². The van der Waals surface area contributed by atoms with Crippen LogP contribution in [0.1, 0.15) is 31.2 Å². The Morgan fingerprint density at radius 2 is 1.82 bits per heavy atom. The number of hydrogen-bond acceptors (Lipinski definition) is 5. The summed E-state index contributed by atoms with van der Waals surface area (Å²) in [5, 5.41) is 14.2. The van der Waals surface area contributed by atoms with E-state index in [1.807, 2.05) is 66.9 Å². The van der Waals surface area contributed by atoms with Gasteiger partial charge in [-0.15, -0.1) is 0 Å². The highest BCUT2D eigenvalue weighted by Gasteiger charge is 2.32. The van der Waals surface area contributed by atoms with Gasteiger partial charge in [0.05, 0.1) is 16.3 Å². The highest BCUT2D eigenvalue weighted by Crippen LogP contribution is 2.35. The largest absolute Gasteiger partial charge is 0.481 e. The first-order valence-electron chi connectivity index (χ1n) is 10.8. The van der Waals surface area contributed by atoms with Crippen molar-refractivity contribution in [1.82, 2.24) is 14.7 Å². The molecular formula is C25H22ClN3O3S2. The van der Waals surface area contributed by atoms with E-state index < -0.39 is 5.97 Å². The quantitative estimate of drug-likeness (QED) is 0.214. The molecule has 2 heterocycles. The van der Waals surface area contributed by atoms with Crippen LogP contribution in [0.15, 0.2) is 65.7 Å². The number of carbonyl (C=O) groups excluding carboxylic acids is 1. The number of thioether (sulfide) groups is 1. The molecule has 0 unspecified atom stereocenters. The number of para-hydroxylation sites is 1. The zero-order valence-electron chi connectivity index (χ0n) is 18.2. The van der Waals surface area contributed by atoms with Crippen LogP contribution in [-0.2, 0) is 9.59 Å². The molecule has 0 saturated carbocycles. The number of aromatic nitrogens is 2. The normalized spacial score (nSPS) is 14.9. The molecule has 1 aliphatic rings. The number of carboxylic acids is 1. The minimum Gasteiger partial charge on any atom is -0.481 e. The summed E-state index contributed by atoms with van der Waals surface area (Å²) in [6.45, 7) is 0.481. The molecule has 0 aliphatic carbocycles. The van der Waals surface area contributed by atoms with Crippen molar-refractivity contribution in [1.29, 1.82) is 0 Å². The Kier molecular flexibility index (Phi) is 7.82. The van der Waals surface area contributed by atoms with Crippen molar-refractivity contribution < 1.29 is 14.7 Å². The molecule has 1 aromatic heterocycles. The molecule has 2 aromatic carbocycles. The molecule has 9 heteroatoms. The number of nitrogens with zero attached hydrogens (tertiary/aromatic N) is 3. The van der Waals surface area contributed by atoms with Crippen molar-refractivity contribution in [2.24, 2.45) is 0 Å². The lowest BCUT2D eigenvalue weighted by Gasteiger charge is -2.13. The molecule has 174 valence electrons. The first-order chi connectivity index (χ1) is 16.4. The molecule has 0 bridgehead atoms. The SMILES string of the molecule is O=C(O)CCCCCN1C(=O)C(=Cc2cn(-c3ccccc3)nc2-c2ccc(Cl)cc2)SC1=S. The molecule has 3 aromatic rings. The average Bonchev–Trinajstić information content (AvgIpc) is 3.36. The van der Waals surface area contributed by atoms with Gasteiger partial charge in [-0.2, -0.15) is 5.10 Å². The molecule has 1 amide bonds. The third-order valence-corrected chi connectivity index (χ3v) is 6.94. The molecule has 4 rings (SSSR count). The number of halogens is 1. The van der Waals surface area contributed by atoms with Gasteiger partial charge in [0.2, 0.25) is 0 Å². The summed E-state index contributed by atoms with van der Waals surface area (Å²) in [6.07, 6.45) is 5.89. The van der Waals surface area contributed by atoms with Gasteiger partial charge >= 0.3 is 5.97 Å². The van der Waals surface area contributed by atoms with E-state index in [2.05, 4.69) is 0 Å². The van der Waals surface area contributed by atoms with Gasteiger partial charge in [-0.3, -0.25) is 14.5 Å². The number of amides is 1. The number of benzene rings is 2. The Morgan fingerprint density at radius 3 is 2.53 bits per heavy atom. The van der Waals surface area contributed by atoms with Gasteiger partial charge in [0, 0.05) is 35.3 Å². The van der Waals surface area contributed by atoms with E-state index in [9.17, 15) is 9.59 Å². The van der Waals surface area contributed by atoms with Crippen molar-refractivity contribution in [3.63, 3.8) is 0 Å². The molecular weight excluding hydrogens is 490 g/mol. The fourth-order valence-electron chi connectivity index (χ4n) is 3.59. The predicted molar refractivity (Wildman–Crippen MR) is 140 cm³/mol. The molecule has 0 radical (unpaired) electrons. The third kappa shape index (κ3) is 5.75. The molecule has 1 N–H and O–H groups in total. The van der Waals surface area contributed by atoms with Crippen molar-refractivity contribution in [2.45, 2.75) is 25.7 Å². The van der Waals surface area contributed by atoms with E-state index in [1.54, 1.807) is 9.58 Å². The van der Waals surface area contributed by atoms with Crippen molar-refractivity contribution in [2.75, 3.05) is 6.54 Å². The number of thiocarbonyl (C=S) groups is 1. The second-order valence-corrected chi connectivity index (χ2v) is 9.87. The summed E-state index contributed by atoms with van der Waals surface area (Å²) in [4.78, 5) is 25.9. The van der Waals surface area contributed by atoms with E-state index in [-0.39, 0.29) is 12.3 Å². The Morgan fingerprint density at radius 1 is 1.09 bits per heavy atom. The smallest absolute Gasteiger partial charge is 0.303 e. The second-order valence-electron chi connectivity index (χ2n) is 7.76. The number of rotatable bonds is 9. The van der Waals surface area contributed by atoms with Gasteiger partial charge in [0.1, 0.15) is 4.32 Å². The van der Waals surface area contributed by atoms with Crippen LogP contribution < -0.4 is 0 Å². The number of aliphatic carboxylic acids is 1. The summed E-state index contributed by atoms with van der Waals surface area (Å²) in [5.41, 5.74) is 3.33. The molecule has 1 saturated heterocycles. The fourth-order valence-corrected chi connectivity index (χ4v) is 5.02. The maximum atomic E-state index is 13.1. The van der Waals surface area contributed by atoms with Gasteiger partial charge < -0.3 is 5.11 Å². The molecule has 6 nitrogen and oxygen atoms in total. The van der Waals surface area contributed by atoms with E-state index in [0.717, 1.165) is 28.9 Å². The molecule has 34 heavy (non-hydrogen) atoms. The summed E-state index contributed by atoms with van der Waals surface area (Å²) in [6, 6.07) is 17.2. The fraction of sp³-hybridized carbons (Fsp3) is 0.200. The van der Waals surface area contributed by atoms with E-state index in [4.69, 9.17) is 34.0 Å². The molecule has 1 aliphatic heterocycles. The van der Waals surface area contributed by atoms with Crippen LogP contribution in [0.5, 0.6) is 0 Å². The summed E-state index contributed by atoms with van der Waals surface area (Å²) >= 11 is 12.8. The number of carboxylic acid groups (broad SMARTS) is 1. The van der Waals surface area contributed by atoms with Crippen LogP contribution >= 0.6 is 35.6 Å². The van der Waals surface area contributed by atoms with Crippen LogP contribution in [0.25, 0.3) is 23.0 Å². The first kappa shape index (κ1) is 24.2. The number of carbonyl (C=O) groups is 2. The summed E-state index contributed by atoms with van der Waals surface area (Å²) in [5.74, 6) is -0.941. The maximum Gasteiger partial charge on any atom is 0.303 e. The lowest BCUT2D eigenvalue weighted by atomic mass is 10.1. The minimum atomic E-state index is -0.805. The lowest BCUT2D eigenvalue weighted by molar-refractivity contribution is -0.137. The van der Waals surface area contributed by atoms with Crippen LogP contribution in [-0.4, -0.2) is 42.5 Å². The van der Waals surface area contributed by atoms with E-state index >= 15 is 0 Å². The van der Waals surface area contributed by atoms with Gasteiger partial charge in [0.25, 0.3) is 5.91 Å². The standard InChI is InChI=1S/C25H22ClN3O3S2/c26-19-12-10-17(11-13-19)23-18(16-29(27-23)20-7-3-1-4-8-20)15-21-24(32)28(25(33)34-21)14-6-2-5-9-22(30)31/h1,3-4,7-8,10-13,15-16H,2,5-6,9,14H2,(H,30,31). The van der Waals surface area contributed by atoms with Crippen molar-refractivity contribution >= 4 is 57.9 Å². The van der Waals surface area contributed by atoms with Crippen molar-refractivity contribution in [3.05, 3.63) is 76.3 Å². The molecule has 0 atom stereocenters. The van der Waals surface area contributed by atoms with Crippen LogP contribution in [0.4, 0.5) is 0 Å². The van der Waals surface area contributed by atoms with Crippen LogP contribution in [0.2, 0.25) is 5.02 Å². The molecule has 1 fully saturated rings. The van der Waals surface area contributed by atoms with Gasteiger partial charge in [-0.05, 0) is 43.2 Å². The highest BCUT2D eigenvalue weighted by atomic mass is 35.5. The minimum absolute atomic E-state index is 0.136. The number of hydrogen-bond donors (Lipinski definition) is 1. The Hall–Kier alpha value is -2.94. The third-order valence-electron chi connectivity index (χ3n) is 5.31. The Labute approximate surface area is 212 Å². The Bertz CT molecular complexity index is 1240. The summed E-state index contributed by atoms with van der Waals surface area (Å²) < 4.78 is 2.30. The monoisotopic (exact) mass is 511 g/mol. The second kappa shape index (κ2) is 11.0. The Balaban J connectivity index is 1.59. The number of unbranched alkanes of at least 4 members (excludes halogenated alkanes) is 2. The van der Waals surface area contributed by atoms with Gasteiger partial charge in [-0.1, -0.05) is 72.3 Å². The van der Waals surface area contributed by atoms with E-state index in [1.165, 1.54) is 11.8 Å². The summed E-state index contributed by atoms with van der Waals surface area (Å²) in [7, 11) is 0. The predicted octanol–water partition coefficient (Wildman–Crippen LogP) is 6.04. The lowest BCUT2D eigenvalue weighted by Crippen LogP contribution is -2.29. The maximum absolute atomic E-state index is 13.1. The zero-order chi connectivity index (χ0) is 24.1. The topological polar surface area (TPSA) is 75.4 Å². The zero-order valence-corrected chi connectivity index (χ0v) is 20.6. The van der Waals surface area contributed by atoms with Crippen LogP contribution in [0, 0.1) is 0 Å². The van der Waals surface area contributed by atoms with Gasteiger partial charge in [-0.25, -0.2) is 4.68 Å². The van der Waals surface area contributed by atoms with E-state index in [0.29, 0.717) is 33.6 Å².